The van der Waals surface area contributed by atoms with E-state index in [4.69, 9.17) is 16.3 Å². The summed E-state index contributed by atoms with van der Waals surface area (Å²) in [6.45, 7) is 2.70. The van der Waals surface area contributed by atoms with Gasteiger partial charge in [0, 0.05) is 13.6 Å². The Morgan fingerprint density at radius 3 is 2.85 bits per heavy atom. The smallest absolute Gasteiger partial charge is 0.245 e. The molecule has 108 valence electrons. The van der Waals surface area contributed by atoms with E-state index in [-0.39, 0.29) is 18.3 Å². The van der Waals surface area contributed by atoms with Crippen LogP contribution in [0.5, 0.6) is 5.88 Å². The average Bonchev–Trinajstić information content (AvgIpc) is 2.84. The molecule has 0 saturated heterocycles. The molecule has 0 spiro atoms. The normalized spacial score (nSPS) is 10.8. The molecule has 0 fully saturated rings. The van der Waals surface area contributed by atoms with Gasteiger partial charge >= 0.3 is 0 Å². The molecule has 2 rings (SSSR count). The Morgan fingerprint density at radius 2 is 2.25 bits per heavy atom. The van der Waals surface area contributed by atoms with Crippen molar-refractivity contribution < 1.29 is 9.53 Å². The first kappa shape index (κ1) is 14.5. The number of rotatable bonds is 5. The molecule has 0 saturated carbocycles. The quantitative estimate of drug-likeness (QED) is 0.771. The zero-order chi connectivity index (χ0) is 14.7. The van der Waals surface area contributed by atoms with Gasteiger partial charge in [0.1, 0.15) is 18.7 Å². The Kier molecular flexibility index (Phi) is 4.39. The Hall–Kier alpha value is -1.89. The van der Waals surface area contributed by atoms with Crippen molar-refractivity contribution in [3.05, 3.63) is 12.2 Å². The molecular formula is C12H16ClN5O2. The lowest BCUT2D eigenvalue weighted by molar-refractivity contribution is -0.130. The van der Waals surface area contributed by atoms with E-state index in [1.807, 2.05) is 6.92 Å². The van der Waals surface area contributed by atoms with Crippen molar-refractivity contribution in [2.45, 2.75) is 19.3 Å². The first-order valence-corrected chi connectivity index (χ1v) is 6.69. The fourth-order valence-corrected chi connectivity index (χ4v) is 2.01. The zero-order valence-corrected chi connectivity index (χ0v) is 12.4. The number of carbonyl (C=O) groups is 1. The van der Waals surface area contributed by atoms with Crippen molar-refractivity contribution in [1.82, 2.24) is 24.4 Å². The Morgan fingerprint density at radius 1 is 1.50 bits per heavy atom. The molecule has 2 aromatic rings. The summed E-state index contributed by atoms with van der Waals surface area (Å²) in [5.41, 5.74) is 1.06. The average molecular weight is 298 g/mol. The van der Waals surface area contributed by atoms with Crippen LogP contribution in [0.4, 0.5) is 0 Å². The molecule has 8 heteroatoms. The molecule has 20 heavy (non-hydrogen) atoms. The van der Waals surface area contributed by atoms with E-state index in [0.717, 1.165) is 0 Å². The second-order valence-electron chi connectivity index (χ2n) is 4.21. The summed E-state index contributed by atoms with van der Waals surface area (Å²) in [6, 6.07) is 0. The van der Waals surface area contributed by atoms with Crippen LogP contribution in [0.2, 0.25) is 0 Å². The third kappa shape index (κ3) is 2.53. The van der Waals surface area contributed by atoms with Gasteiger partial charge in [0.25, 0.3) is 0 Å². The van der Waals surface area contributed by atoms with Gasteiger partial charge in [0.05, 0.1) is 13.0 Å². The third-order valence-electron chi connectivity index (χ3n) is 3.08. The van der Waals surface area contributed by atoms with Crippen LogP contribution >= 0.6 is 11.6 Å². The van der Waals surface area contributed by atoms with Crippen LogP contribution in [0.3, 0.4) is 0 Å². The van der Waals surface area contributed by atoms with Crippen LogP contribution < -0.4 is 4.74 Å². The minimum atomic E-state index is -0.0317. The van der Waals surface area contributed by atoms with Gasteiger partial charge in [-0.2, -0.15) is 4.98 Å². The summed E-state index contributed by atoms with van der Waals surface area (Å²) in [6.07, 6.45) is 1.38. The first-order valence-electron chi connectivity index (χ1n) is 6.16. The van der Waals surface area contributed by atoms with Gasteiger partial charge in [-0.25, -0.2) is 9.97 Å². The molecule has 0 bridgehead atoms. The van der Waals surface area contributed by atoms with Crippen molar-refractivity contribution in [1.29, 1.82) is 0 Å². The highest BCUT2D eigenvalue weighted by Crippen LogP contribution is 2.22. The molecule has 0 aliphatic rings. The Bertz CT molecular complexity index is 628. The molecule has 1 amide bonds. The molecule has 0 atom stereocenters. The number of alkyl halides is 1. The van der Waals surface area contributed by atoms with Gasteiger partial charge in [-0.3, -0.25) is 4.79 Å². The highest BCUT2D eigenvalue weighted by atomic mass is 35.5. The topological polar surface area (TPSA) is 73.1 Å². The van der Waals surface area contributed by atoms with Crippen LogP contribution in [0, 0.1) is 0 Å². The molecule has 0 aliphatic heterocycles. The summed E-state index contributed by atoms with van der Waals surface area (Å²) in [4.78, 5) is 26.2. The molecule has 7 nitrogen and oxygen atoms in total. The van der Waals surface area contributed by atoms with Crippen molar-refractivity contribution in [3.63, 3.8) is 0 Å². The summed E-state index contributed by atoms with van der Waals surface area (Å²) in [7, 11) is 3.26. The molecule has 2 aromatic heterocycles. The third-order valence-corrected chi connectivity index (χ3v) is 3.32. The number of likely N-dealkylation sites (N-methyl/N-ethyl adjacent to an activating group) is 1. The maximum absolute atomic E-state index is 12.1. The van der Waals surface area contributed by atoms with E-state index in [9.17, 15) is 4.79 Å². The van der Waals surface area contributed by atoms with Gasteiger partial charge in [-0.05, 0) is 6.92 Å². The van der Waals surface area contributed by atoms with E-state index in [2.05, 4.69) is 15.0 Å². The Labute approximate surface area is 121 Å². The maximum Gasteiger partial charge on any atom is 0.245 e. The number of aromatic nitrogens is 4. The van der Waals surface area contributed by atoms with Crippen LogP contribution in [0.15, 0.2) is 6.33 Å². The van der Waals surface area contributed by atoms with Gasteiger partial charge in [-0.15, -0.1) is 11.6 Å². The molecule has 0 aliphatic carbocycles. The largest absolute Gasteiger partial charge is 0.479 e. The van der Waals surface area contributed by atoms with Crippen LogP contribution in [-0.4, -0.2) is 51.0 Å². The van der Waals surface area contributed by atoms with Gasteiger partial charge in [-0.1, -0.05) is 0 Å². The van der Waals surface area contributed by atoms with Crippen molar-refractivity contribution in [2.75, 3.05) is 20.7 Å². The summed E-state index contributed by atoms with van der Waals surface area (Å²) in [5, 5.41) is 0. The molecule has 0 aromatic carbocycles. The minimum absolute atomic E-state index is 0.0317. The number of fused-ring (bicyclic) bond motifs is 1. The lowest BCUT2D eigenvalue weighted by Crippen LogP contribution is -2.30. The number of halogens is 1. The Balaban J connectivity index is 2.48. The lowest BCUT2D eigenvalue weighted by Gasteiger charge is -2.15. The number of methoxy groups -OCH3 is 1. The number of hydrogen-bond acceptors (Lipinski definition) is 5. The van der Waals surface area contributed by atoms with Crippen LogP contribution in [0.1, 0.15) is 12.7 Å². The fraction of sp³-hybridized carbons (Fsp3) is 0.500. The minimum Gasteiger partial charge on any atom is -0.479 e. The first-order chi connectivity index (χ1) is 9.62. The van der Waals surface area contributed by atoms with Crippen molar-refractivity contribution >= 4 is 28.7 Å². The monoisotopic (exact) mass is 297 g/mol. The number of carbonyl (C=O) groups excluding carboxylic acids is 1. The standard InChI is InChI=1S/C12H16ClN5O2/c1-4-17(2)9(19)6-18-8(5-13)16-10-11(18)14-7-15-12(10)20-3/h7H,4-6H2,1-3H3. The molecule has 2 heterocycles. The van der Waals surface area contributed by atoms with E-state index in [1.165, 1.54) is 13.4 Å². The zero-order valence-electron chi connectivity index (χ0n) is 11.6. The molecular weight excluding hydrogens is 282 g/mol. The number of ether oxygens (including phenoxy) is 1. The number of hydrogen-bond donors (Lipinski definition) is 0. The summed E-state index contributed by atoms with van der Waals surface area (Å²) in [5.74, 6) is 1.09. The predicted octanol–water partition coefficient (Wildman–Crippen LogP) is 1.05. The SMILES string of the molecule is CCN(C)C(=O)Cn1c(CCl)nc2c(OC)ncnc21. The van der Waals surface area contributed by atoms with Gasteiger partial charge < -0.3 is 14.2 Å². The second-order valence-corrected chi connectivity index (χ2v) is 4.48. The highest BCUT2D eigenvalue weighted by Gasteiger charge is 2.18. The number of nitrogens with zero attached hydrogens (tertiary/aromatic N) is 5. The number of amides is 1. The number of imidazole rings is 1. The van der Waals surface area contributed by atoms with E-state index >= 15 is 0 Å². The fourth-order valence-electron chi connectivity index (χ4n) is 1.81. The molecule has 0 radical (unpaired) electrons. The van der Waals surface area contributed by atoms with E-state index in [0.29, 0.717) is 29.4 Å². The predicted molar refractivity (Wildman–Crippen MR) is 74.7 cm³/mol. The van der Waals surface area contributed by atoms with E-state index < -0.39 is 0 Å². The van der Waals surface area contributed by atoms with Crippen LogP contribution in [-0.2, 0) is 17.2 Å². The van der Waals surface area contributed by atoms with Gasteiger partial charge in [0.15, 0.2) is 11.2 Å². The second kappa shape index (κ2) is 6.04. The van der Waals surface area contributed by atoms with Crippen LogP contribution in [0.25, 0.3) is 11.2 Å². The lowest BCUT2D eigenvalue weighted by atomic mass is 10.4. The van der Waals surface area contributed by atoms with Crippen molar-refractivity contribution in [3.8, 4) is 5.88 Å². The highest BCUT2D eigenvalue weighted by molar-refractivity contribution is 6.16. The van der Waals surface area contributed by atoms with E-state index in [1.54, 1.807) is 16.5 Å². The summed E-state index contributed by atoms with van der Waals surface area (Å²) < 4.78 is 6.84. The summed E-state index contributed by atoms with van der Waals surface area (Å²) >= 11 is 5.90. The molecule has 0 unspecified atom stereocenters. The maximum atomic E-state index is 12.1. The van der Waals surface area contributed by atoms with Crippen molar-refractivity contribution in [2.24, 2.45) is 0 Å². The van der Waals surface area contributed by atoms with Gasteiger partial charge in [0.2, 0.25) is 11.8 Å². The molecule has 0 N–H and O–H groups in total.